The summed E-state index contributed by atoms with van der Waals surface area (Å²) in [5, 5.41) is 3.07. The molecule has 2 aromatic carbocycles. The monoisotopic (exact) mass is 341 g/mol. The second kappa shape index (κ2) is 7.28. The van der Waals surface area contributed by atoms with Crippen molar-refractivity contribution in [2.75, 3.05) is 12.4 Å². The molecule has 122 valence electrons. The molecule has 0 fully saturated rings. The zero-order chi connectivity index (χ0) is 17.0. The Morgan fingerprint density at radius 3 is 2.61 bits per heavy atom. The van der Waals surface area contributed by atoms with E-state index in [9.17, 15) is 13.6 Å². The minimum Gasteiger partial charge on any atom is -0.493 e. The molecule has 0 bridgehead atoms. The third-order valence-corrected chi connectivity index (χ3v) is 3.49. The molecule has 1 N–H and O–H groups in total. The Morgan fingerprint density at radius 2 is 2.00 bits per heavy atom. The van der Waals surface area contributed by atoms with Crippen molar-refractivity contribution in [3.8, 4) is 11.5 Å². The van der Waals surface area contributed by atoms with E-state index in [0.29, 0.717) is 10.7 Å². The fourth-order valence-corrected chi connectivity index (χ4v) is 2.12. The Balaban J connectivity index is 2.32. The van der Waals surface area contributed by atoms with Gasteiger partial charge in [0.05, 0.1) is 12.7 Å². The van der Waals surface area contributed by atoms with Crippen LogP contribution in [-0.2, 0) is 0 Å². The van der Waals surface area contributed by atoms with Gasteiger partial charge < -0.3 is 14.8 Å². The van der Waals surface area contributed by atoms with E-state index in [-0.39, 0.29) is 17.1 Å². The number of carbonyl (C=O) groups is 1. The zero-order valence-electron chi connectivity index (χ0n) is 12.4. The van der Waals surface area contributed by atoms with Gasteiger partial charge in [-0.05, 0) is 36.8 Å². The molecule has 0 radical (unpaired) electrons. The average molecular weight is 342 g/mol. The summed E-state index contributed by atoms with van der Waals surface area (Å²) in [5.41, 5.74) is 1.23. The number of nitrogens with one attached hydrogen (secondary N) is 1. The number of hydrogen-bond acceptors (Lipinski definition) is 3. The third-order valence-electron chi connectivity index (χ3n) is 3.08. The van der Waals surface area contributed by atoms with Gasteiger partial charge in [0.15, 0.2) is 11.5 Å². The van der Waals surface area contributed by atoms with Crippen LogP contribution in [0.2, 0.25) is 5.02 Å². The second-order valence-electron chi connectivity index (χ2n) is 4.63. The molecule has 0 aliphatic carbocycles. The maximum Gasteiger partial charge on any atom is 0.387 e. The topological polar surface area (TPSA) is 47.6 Å². The van der Waals surface area contributed by atoms with Crippen LogP contribution < -0.4 is 14.8 Å². The van der Waals surface area contributed by atoms with Crippen molar-refractivity contribution >= 4 is 23.2 Å². The van der Waals surface area contributed by atoms with E-state index in [4.69, 9.17) is 16.3 Å². The van der Waals surface area contributed by atoms with Crippen molar-refractivity contribution in [3.63, 3.8) is 0 Å². The van der Waals surface area contributed by atoms with E-state index >= 15 is 0 Å². The number of hydrogen-bond donors (Lipinski definition) is 1. The van der Waals surface area contributed by atoms with Crippen molar-refractivity contribution in [2.24, 2.45) is 0 Å². The van der Waals surface area contributed by atoms with E-state index in [1.54, 1.807) is 18.2 Å². The summed E-state index contributed by atoms with van der Waals surface area (Å²) in [4.78, 5) is 12.3. The first-order chi connectivity index (χ1) is 10.9. The predicted octanol–water partition coefficient (Wildman–Crippen LogP) is 4.51. The summed E-state index contributed by atoms with van der Waals surface area (Å²) in [7, 11) is 1.30. The molecular weight excluding hydrogens is 328 g/mol. The van der Waals surface area contributed by atoms with Crippen LogP contribution in [0.5, 0.6) is 11.5 Å². The van der Waals surface area contributed by atoms with Crippen molar-refractivity contribution in [1.29, 1.82) is 0 Å². The highest BCUT2D eigenvalue weighted by molar-refractivity contribution is 6.31. The number of rotatable bonds is 5. The molecule has 0 saturated heterocycles. The molecule has 1 amide bonds. The number of amides is 1. The normalized spacial score (nSPS) is 10.5. The SMILES string of the molecule is COc1cccc(C(=O)Nc2ccc(C)c(Cl)c2)c1OC(F)F. The molecule has 23 heavy (non-hydrogen) atoms. The van der Waals surface area contributed by atoms with Crippen LogP contribution in [-0.4, -0.2) is 19.6 Å². The lowest BCUT2D eigenvalue weighted by Gasteiger charge is -2.14. The molecule has 0 heterocycles. The van der Waals surface area contributed by atoms with Crippen LogP contribution in [0.3, 0.4) is 0 Å². The van der Waals surface area contributed by atoms with E-state index in [2.05, 4.69) is 10.1 Å². The number of aryl methyl sites for hydroxylation is 1. The van der Waals surface area contributed by atoms with Crippen LogP contribution in [0.4, 0.5) is 14.5 Å². The van der Waals surface area contributed by atoms with Gasteiger partial charge in [-0.3, -0.25) is 4.79 Å². The molecule has 0 atom stereocenters. The summed E-state index contributed by atoms with van der Waals surface area (Å²) < 4.78 is 34.5. The molecule has 0 spiro atoms. The van der Waals surface area contributed by atoms with Gasteiger partial charge in [0.2, 0.25) is 0 Å². The van der Waals surface area contributed by atoms with Crippen LogP contribution in [0.1, 0.15) is 15.9 Å². The summed E-state index contributed by atoms with van der Waals surface area (Å²) >= 11 is 6.00. The Bertz CT molecular complexity index is 722. The lowest BCUT2D eigenvalue weighted by molar-refractivity contribution is -0.0515. The van der Waals surface area contributed by atoms with E-state index in [1.165, 1.54) is 25.3 Å². The van der Waals surface area contributed by atoms with Gasteiger partial charge in [-0.15, -0.1) is 0 Å². The van der Waals surface area contributed by atoms with Gasteiger partial charge >= 0.3 is 6.61 Å². The fourth-order valence-electron chi connectivity index (χ4n) is 1.94. The van der Waals surface area contributed by atoms with E-state index in [1.807, 2.05) is 6.92 Å². The first-order valence-electron chi connectivity index (χ1n) is 6.61. The van der Waals surface area contributed by atoms with E-state index < -0.39 is 12.5 Å². The Labute approximate surface area is 137 Å². The quantitative estimate of drug-likeness (QED) is 0.870. The standard InChI is InChI=1S/C16H14ClF2NO3/c1-9-6-7-10(8-12(9)17)20-15(21)11-4-3-5-13(22-2)14(11)23-16(18)19/h3-8,16H,1-2H3,(H,20,21). The number of carbonyl (C=O) groups excluding carboxylic acids is 1. The fraction of sp³-hybridized carbons (Fsp3) is 0.188. The largest absolute Gasteiger partial charge is 0.493 e. The van der Waals surface area contributed by atoms with Gasteiger partial charge in [0.1, 0.15) is 0 Å². The highest BCUT2D eigenvalue weighted by atomic mass is 35.5. The average Bonchev–Trinajstić information content (AvgIpc) is 2.50. The first kappa shape index (κ1) is 17.0. The van der Waals surface area contributed by atoms with Gasteiger partial charge in [-0.1, -0.05) is 23.7 Å². The van der Waals surface area contributed by atoms with Gasteiger partial charge in [0, 0.05) is 10.7 Å². The minimum atomic E-state index is -3.08. The van der Waals surface area contributed by atoms with Crippen LogP contribution >= 0.6 is 11.6 Å². The molecule has 0 unspecified atom stereocenters. The van der Waals surface area contributed by atoms with Crippen molar-refractivity contribution < 1.29 is 23.0 Å². The summed E-state index contributed by atoms with van der Waals surface area (Å²) in [6.45, 7) is -1.25. The maximum absolute atomic E-state index is 12.6. The van der Waals surface area contributed by atoms with Gasteiger partial charge in [0.25, 0.3) is 5.91 Å². The van der Waals surface area contributed by atoms with Gasteiger partial charge in [-0.2, -0.15) is 8.78 Å². The summed E-state index contributed by atoms with van der Waals surface area (Å²) in [6, 6.07) is 9.27. The maximum atomic E-state index is 12.6. The number of methoxy groups -OCH3 is 1. The van der Waals surface area contributed by atoms with Crippen LogP contribution in [0.25, 0.3) is 0 Å². The number of halogens is 3. The molecule has 2 rings (SSSR count). The number of benzene rings is 2. The molecule has 0 saturated carbocycles. The number of alkyl halides is 2. The smallest absolute Gasteiger partial charge is 0.387 e. The molecule has 0 aliphatic rings. The Hall–Kier alpha value is -2.34. The molecule has 0 aromatic heterocycles. The van der Waals surface area contributed by atoms with E-state index in [0.717, 1.165) is 5.56 Å². The molecule has 4 nitrogen and oxygen atoms in total. The number of anilines is 1. The van der Waals surface area contributed by atoms with Gasteiger partial charge in [-0.25, -0.2) is 0 Å². The highest BCUT2D eigenvalue weighted by Gasteiger charge is 2.20. The van der Waals surface area contributed by atoms with Crippen molar-refractivity contribution in [1.82, 2.24) is 0 Å². The van der Waals surface area contributed by atoms with Crippen molar-refractivity contribution in [2.45, 2.75) is 13.5 Å². The molecule has 0 aliphatic heterocycles. The molecular formula is C16H14ClF2NO3. The summed E-state index contributed by atoms with van der Waals surface area (Å²) in [6.07, 6.45) is 0. The lowest BCUT2D eigenvalue weighted by Crippen LogP contribution is -2.15. The second-order valence-corrected chi connectivity index (χ2v) is 5.04. The minimum absolute atomic E-state index is 0.0416. The molecule has 2 aromatic rings. The van der Waals surface area contributed by atoms with Crippen LogP contribution in [0.15, 0.2) is 36.4 Å². The van der Waals surface area contributed by atoms with Crippen molar-refractivity contribution in [3.05, 3.63) is 52.5 Å². The lowest BCUT2D eigenvalue weighted by atomic mass is 10.1. The Kier molecular flexibility index (Phi) is 5.39. The predicted molar refractivity (Wildman–Crippen MR) is 83.8 cm³/mol. The first-order valence-corrected chi connectivity index (χ1v) is 6.99. The Morgan fingerprint density at radius 1 is 1.26 bits per heavy atom. The molecule has 7 heteroatoms. The highest BCUT2D eigenvalue weighted by Crippen LogP contribution is 2.33. The number of para-hydroxylation sites is 1. The third kappa shape index (κ3) is 4.10. The van der Waals surface area contributed by atoms with Crippen LogP contribution in [0, 0.1) is 6.92 Å². The number of ether oxygens (including phenoxy) is 2. The summed E-state index contributed by atoms with van der Waals surface area (Å²) in [5.74, 6) is -0.889. The zero-order valence-corrected chi connectivity index (χ0v) is 13.2.